The number of hydrogen-bond donors (Lipinski definition) is 1. The molecule has 1 saturated heterocycles. The minimum Gasteiger partial charge on any atom is -0.494 e. The summed E-state index contributed by atoms with van der Waals surface area (Å²) in [5, 5.41) is 9.39. The molecule has 0 radical (unpaired) electrons. The Balaban J connectivity index is 1.98. The van der Waals surface area contributed by atoms with Gasteiger partial charge in [0.2, 0.25) is 0 Å². The van der Waals surface area contributed by atoms with E-state index in [1.54, 1.807) is 17.4 Å². The van der Waals surface area contributed by atoms with Gasteiger partial charge in [-0.15, -0.1) is 11.3 Å². The van der Waals surface area contributed by atoms with Gasteiger partial charge in [0.1, 0.15) is 0 Å². The SMILES string of the molecule is COc1ccc(C(c2ccc(Br)s2)N2CCCC(C(=O)O)C2)cc1F. The molecule has 1 aliphatic rings. The van der Waals surface area contributed by atoms with Gasteiger partial charge in [0.05, 0.1) is 22.9 Å². The zero-order chi connectivity index (χ0) is 18.0. The molecule has 0 amide bonds. The molecular formula is C18H19BrFNO3S. The van der Waals surface area contributed by atoms with Crippen molar-refractivity contribution in [1.82, 2.24) is 4.90 Å². The van der Waals surface area contributed by atoms with Crippen LogP contribution in [0, 0.1) is 11.7 Å². The lowest BCUT2D eigenvalue weighted by Crippen LogP contribution is -2.41. The summed E-state index contributed by atoms with van der Waals surface area (Å²) < 4.78 is 20.3. The number of halogens is 2. The van der Waals surface area contributed by atoms with Crippen molar-refractivity contribution >= 4 is 33.2 Å². The number of rotatable bonds is 5. The third-order valence-electron chi connectivity index (χ3n) is 4.52. The second kappa shape index (κ2) is 7.85. The minimum atomic E-state index is -0.767. The Morgan fingerprint density at radius 1 is 1.44 bits per heavy atom. The van der Waals surface area contributed by atoms with E-state index in [4.69, 9.17) is 4.74 Å². The van der Waals surface area contributed by atoms with Crippen LogP contribution >= 0.6 is 27.3 Å². The number of nitrogens with zero attached hydrogens (tertiary/aromatic N) is 1. The highest BCUT2D eigenvalue weighted by atomic mass is 79.9. The van der Waals surface area contributed by atoms with Crippen LogP contribution in [0.15, 0.2) is 34.1 Å². The number of carbonyl (C=O) groups is 1. The van der Waals surface area contributed by atoms with Crippen LogP contribution in [-0.2, 0) is 4.79 Å². The minimum absolute atomic E-state index is 0.168. The van der Waals surface area contributed by atoms with Gasteiger partial charge in [0.15, 0.2) is 11.6 Å². The molecule has 0 bridgehead atoms. The first-order valence-corrected chi connectivity index (χ1v) is 9.66. The highest BCUT2D eigenvalue weighted by Crippen LogP contribution is 2.38. The van der Waals surface area contributed by atoms with E-state index in [1.165, 1.54) is 13.2 Å². The average molecular weight is 428 g/mol. The number of thiophene rings is 1. The third kappa shape index (κ3) is 4.04. The number of likely N-dealkylation sites (tertiary alicyclic amines) is 1. The standard InChI is InChI=1S/C18H19BrFNO3S/c1-24-14-5-4-11(9-13(14)20)17(15-6-7-16(19)25-15)21-8-2-3-12(10-21)18(22)23/h4-7,9,12,17H,2-3,8,10H2,1H3,(H,22,23). The molecule has 1 N–H and O–H groups in total. The van der Waals surface area contributed by atoms with Crippen LogP contribution in [0.2, 0.25) is 0 Å². The van der Waals surface area contributed by atoms with Gasteiger partial charge in [0, 0.05) is 11.4 Å². The molecule has 134 valence electrons. The first-order chi connectivity index (χ1) is 12.0. The van der Waals surface area contributed by atoms with Gasteiger partial charge in [0.25, 0.3) is 0 Å². The van der Waals surface area contributed by atoms with Crippen LogP contribution in [0.3, 0.4) is 0 Å². The average Bonchev–Trinajstić information content (AvgIpc) is 3.01. The van der Waals surface area contributed by atoms with Crippen molar-refractivity contribution in [2.75, 3.05) is 20.2 Å². The predicted octanol–water partition coefficient (Wildman–Crippen LogP) is 4.54. The Morgan fingerprint density at radius 2 is 2.24 bits per heavy atom. The predicted molar refractivity (Wildman–Crippen MR) is 98.7 cm³/mol. The molecule has 1 fully saturated rings. The number of carboxylic acids is 1. The Kier molecular flexibility index (Phi) is 5.76. The zero-order valence-corrected chi connectivity index (χ0v) is 16.1. The van der Waals surface area contributed by atoms with Crippen molar-refractivity contribution in [3.63, 3.8) is 0 Å². The number of methoxy groups -OCH3 is 1. The van der Waals surface area contributed by atoms with Gasteiger partial charge >= 0.3 is 5.97 Å². The Bertz CT molecular complexity index is 767. The van der Waals surface area contributed by atoms with E-state index in [9.17, 15) is 14.3 Å². The molecule has 25 heavy (non-hydrogen) atoms. The monoisotopic (exact) mass is 427 g/mol. The Labute approximate surface area is 158 Å². The molecule has 3 rings (SSSR count). The van der Waals surface area contributed by atoms with Crippen molar-refractivity contribution in [2.45, 2.75) is 18.9 Å². The molecule has 0 saturated carbocycles. The number of piperidine rings is 1. The van der Waals surface area contributed by atoms with E-state index in [-0.39, 0.29) is 17.7 Å². The second-order valence-corrected chi connectivity index (χ2v) is 8.61. The van der Waals surface area contributed by atoms with E-state index in [2.05, 4.69) is 20.8 Å². The first-order valence-electron chi connectivity index (χ1n) is 8.05. The van der Waals surface area contributed by atoms with Crippen molar-refractivity contribution < 1.29 is 19.0 Å². The van der Waals surface area contributed by atoms with Gasteiger partial charge in [-0.05, 0) is 65.1 Å². The van der Waals surface area contributed by atoms with Crippen LogP contribution in [0.4, 0.5) is 4.39 Å². The number of carboxylic acid groups (broad SMARTS) is 1. The van der Waals surface area contributed by atoms with Gasteiger partial charge in [-0.2, -0.15) is 0 Å². The van der Waals surface area contributed by atoms with E-state index < -0.39 is 11.8 Å². The highest BCUT2D eigenvalue weighted by Gasteiger charge is 2.32. The second-order valence-electron chi connectivity index (χ2n) is 6.11. The highest BCUT2D eigenvalue weighted by molar-refractivity contribution is 9.11. The summed E-state index contributed by atoms with van der Waals surface area (Å²) >= 11 is 5.06. The van der Waals surface area contributed by atoms with E-state index in [0.717, 1.165) is 27.2 Å². The summed E-state index contributed by atoms with van der Waals surface area (Å²) in [6.45, 7) is 1.25. The summed E-state index contributed by atoms with van der Waals surface area (Å²) in [7, 11) is 1.44. The smallest absolute Gasteiger partial charge is 0.307 e. The maximum atomic E-state index is 14.3. The largest absolute Gasteiger partial charge is 0.494 e. The molecule has 1 aromatic carbocycles. The molecule has 2 aromatic rings. The number of benzene rings is 1. The van der Waals surface area contributed by atoms with Crippen molar-refractivity contribution in [1.29, 1.82) is 0 Å². The van der Waals surface area contributed by atoms with Crippen molar-refractivity contribution in [3.8, 4) is 5.75 Å². The van der Waals surface area contributed by atoms with Crippen molar-refractivity contribution in [3.05, 3.63) is 50.4 Å². The summed E-state index contributed by atoms with van der Waals surface area (Å²) in [5.74, 6) is -1.36. The first kappa shape index (κ1) is 18.4. The summed E-state index contributed by atoms with van der Waals surface area (Å²) in [6.07, 6.45) is 1.50. The van der Waals surface area contributed by atoms with Crippen molar-refractivity contribution in [2.24, 2.45) is 5.92 Å². The topological polar surface area (TPSA) is 49.8 Å². The fraction of sp³-hybridized carbons (Fsp3) is 0.389. The van der Waals surface area contributed by atoms with Gasteiger partial charge < -0.3 is 9.84 Å². The van der Waals surface area contributed by atoms with E-state index in [1.807, 2.05) is 18.2 Å². The molecule has 4 nitrogen and oxygen atoms in total. The number of hydrogen-bond acceptors (Lipinski definition) is 4. The molecule has 7 heteroatoms. The molecule has 1 aliphatic heterocycles. The van der Waals surface area contributed by atoms with E-state index in [0.29, 0.717) is 13.0 Å². The molecule has 2 atom stereocenters. The van der Waals surface area contributed by atoms with Crippen LogP contribution in [0.1, 0.15) is 29.3 Å². The number of ether oxygens (including phenoxy) is 1. The molecule has 1 aromatic heterocycles. The quantitative estimate of drug-likeness (QED) is 0.760. The van der Waals surface area contributed by atoms with Crippen LogP contribution in [-0.4, -0.2) is 36.2 Å². The molecule has 2 heterocycles. The lowest BCUT2D eigenvalue weighted by atomic mass is 9.94. The maximum absolute atomic E-state index is 14.3. The lowest BCUT2D eigenvalue weighted by Gasteiger charge is -2.37. The van der Waals surface area contributed by atoms with Crippen LogP contribution < -0.4 is 4.74 Å². The number of aliphatic carboxylic acids is 1. The molecular weight excluding hydrogens is 409 g/mol. The van der Waals surface area contributed by atoms with Gasteiger partial charge in [-0.25, -0.2) is 4.39 Å². The summed E-state index contributed by atoms with van der Waals surface area (Å²) in [5.41, 5.74) is 0.804. The van der Waals surface area contributed by atoms with Gasteiger partial charge in [-0.1, -0.05) is 6.07 Å². The zero-order valence-electron chi connectivity index (χ0n) is 13.7. The summed E-state index contributed by atoms with van der Waals surface area (Å²) in [4.78, 5) is 14.6. The maximum Gasteiger partial charge on any atom is 0.307 e. The van der Waals surface area contributed by atoms with Crippen LogP contribution in [0.25, 0.3) is 0 Å². The fourth-order valence-electron chi connectivity index (χ4n) is 3.33. The normalized spacial score (nSPS) is 19.6. The van der Waals surface area contributed by atoms with E-state index >= 15 is 0 Å². The van der Waals surface area contributed by atoms with Gasteiger partial charge in [-0.3, -0.25) is 9.69 Å². The Morgan fingerprint density at radius 3 is 2.84 bits per heavy atom. The lowest BCUT2D eigenvalue weighted by molar-refractivity contribution is -0.143. The molecule has 0 spiro atoms. The fourth-order valence-corrected chi connectivity index (χ4v) is 4.91. The molecule has 2 unspecified atom stereocenters. The Hall–Kier alpha value is -1.44. The third-order valence-corrected chi connectivity index (χ3v) is 6.20. The molecule has 0 aliphatic carbocycles. The summed E-state index contributed by atoms with van der Waals surface area (Å²) in [6, 6.07) is 8.77. The van der Waals surface area contributed by atoms with Crippen LogP contribution in [0.5, 0.6) is 5.75 Å².